The molecule has 2 atom stereocenters. The maximum Gasteiger partial charge on any atom is 0.119 e. The van der Waals surface area contributed by atoms with Crippen LogP contribution in [0.5, 0.6) is 5.75 Å². The molecule has 0 aromatic heterocycles. The van der Waals surface area contributed by atoms with E-state index < -0.39 is 0 Å². The van der Waals surface area contributed by atoms with Crippen molar-refractivity contribution in [1.29, 1.82) is 0 Å². The monoisotopic (exact) mass is 362 g/mol. The molecule has 1 rings (SSSR count). The summed E-state index contributed by atoms with van der Waals surface area (Å²) in [6.45, 7) is 2.99. The van der Waals surface area contributed by atoms with Crippen LogP contribution in [0, 0.1) is 0 Å². The first kappa shape index (κ1) is 15.0. The third-order valence-corrected chi connectivity index (χ3v) is 4.22. The van der Waals surface area contributed by atoms with E-state index in [0.717, 1.165) is 25.2 Å². The molecule has 0 aliphatic carbocycles. The number of hydrogen-bond acceptors (Lipinski definition) is 1. The van der Waals surface area contributed by atoms with Gasteiger partial charge in [0.05, 0.1) is 6.61 Å². The van der Waals surface area contributed by atoms with Gasteiger partial charge >= 0.3 is 0 Å². The summed E-state index contributed by atoms with van der Waals surface area (Å²) in [5.41, 5.74) is 0. The van der Waals surface area contributed by atoms with Crippen molar-refractivity contribution in [3.63, 3.8) is 0 Å². The summed E-state index contributed by atoms with van der Waals surface area (Å²) in [6, 6.07) is 9.98. The van der Waals surface area contributed by atoms with Crippen LogP contribution in [0.15, 0.2) is 30.3 Å². The topological polar surface area (TPSA) is 9.23 Å². The zero-order valence-corrected chi connectivity index (χ0v) is 13.4. The Morgan fingerprint density at radius 2 is 1.71 bits per heavy atom. The van der Waals surface area contributed by atoms with Gasteiger partial charge in [-0.25, -0.2) is 0 Å². The van der Waals surface area contributed by atoms with Crippen LogP contribution < -0.4 is 4.74 Å². The van der Waals surface area contributed by atoms with Gasteiger partial charge in [0.15, 0.2) is 0 Å². The fraction of sp³-hybridized carbons (Fsp3) is 0.571. The quantitative estimate of drug-likeness (QED) is 0.578. The fourth-order valence-corrected chi connectivity index (χ4v) is 3.70. The van der Waals surface area contributed by atoms with Crippen LogP contribution in [0.2, 0.25) is 0 Å². The molecule has 0 fully saturated rings. The summed E-state index contributed by atoms with van der Waals surface area (Å²) in [6.07, 6.45) is 4.67. The highest BCUT2D eigenvalue weighted by Crippen LogP contribution is 2.21. The Kier molecular flexibility index (Phi) is 7.95. The molecule has 0 saturated carbocycles. The predicted octanol–water partition coefficient (Wildman–Crippen LogP) is 5.17. The van der Waals surface area contributed by atoms with Crippen molar-refractivity contribution in [2.45, 2.75) is 42.3 Å². The number of halogens is 2. The summed E-state index contributed by atoms with van der Waals surface area (Å²) >= 11 is 7.42. The molecule has 0 spiro atoms. The second-order valence-corrected chi connectivity index (χ2v) is 6.76. The first-order valence-corrected chi connectivity index (χ1v) is 8.01. The summed E-state index contributed by atoms with van der Waals surface area (Å²) in [7, 11) is 0. The highest BCUT2D eigenvalue weighted by Gasteiger charge is 2.10. The van der Waals surface area contributed by atoms with Crippen molar-refractivity contribution in [3.05, 3.63) is 30.3 Å². The molecule has 0 saturated heterocycles. The Labute approximate surface area is 121 Å². The molecular weight excluding hydrogens is 344 g/mol. The van der Waals surface area contributed by atoms with Gasteiger partial charge in [-0.05, 0) is 31.4 Å². The van der Waals surface area contributed by atoms with Crippen LogP contribution >= 0.6 is 31.9 Å². The fourth-order valence-electron chi connectivity index (χ4n) is 1.65. The lowest BCUT2D eigenvalue weighted by Gasteiger charge is -2.14. The number of alkyl halides is 2. The van der Waals surface area contributed by atoms with Crippen molar-refractivity contribution in [2.75, 3.05) is 6.61 Å². The van der Waals surface area contributed by atoms with Crippen LogP contribution in [-0.2, 0) is 0 Å². The predicted molar refractivity (Wildman–Crippen MR) is 81.5 cm³/mol. The van der Waals surface area contributed by atoms with Gasteiger partial charge in [0.25, 0.3) is 0 Å². The van der Waals surface area contributed by atoms with E-state index in [9.17, 15) is 0 Å². The minimum atomic E-state index is 0.530. The molecule has 2 unspecified atom stereocenters. The first-order chi connectivity index (χ1) is 8.22. The average molecular weight is 364 g/mol. The van der Waals surface area contributed by atoms with Gasteiger partial charge in [-0.2, -0.15) is 0 Å². The molecule has 0 N–H and O–H groups in total. The van der Waals surface area contributed by atoms with Crippen LogP contribution in [0.25, 0.3) is 0 Å². The third kappa shape index (κ3) is 7.10. The molecular formula is C14H20Br2O. The standard InChI is InChI=1S/C14H20Br2O/c1-2-6-12(15)11-13(16)9-10-17-14-7-4-3-5-8-14/h3-5,7-8,12-13H,2,6,9-11H2,1H3. The van der Waals surface area contributed by atoms with E-state index in [0.29, 0.717) is 9.65 Å². The molecule has 1 nitrogen and oxygen atoms in total. The molecule has 0 aliphatic heterocycles. The van der Waals surface area contributed by atoms with Crippen LogP contribution in [0.3, 0.4) is 0 Å². The van der Waals surface area contributed by atoms with E-state index >= 15 is 0 Å². The Balaban J connectivity index is 2.14. The normalized spacial score (nSPS) is 14.3. The van der Waals surface area contributed by atoms with E-state index in [1.807, 2.05) is 30.3 Å². The lowest BCUT2D eigenvalue weighted by atomic mass is 10.1. The average Bonchev–Trinajstić information content (AvgIpc) is 2.30. The summed E-state index contributed by atoms with van der Waals surface area (Å²) in [5, 5.41) is 0. The van der Waals surface area contributed by atoms with Gasteiger partial charge in [-0.15, -0.1) is 0 Å². The number of rotatable bonds is 8. The zero-order valence-electron chi connectivity index (χ0n) is 10.2. The smallest absolute Gasteiger partial charge is 0.119 e. The largest absolute Gasteiger partial charge is 0.494 e. The molecule has 1 aromatic carbocycles. The molecule has 17 heavy (non-hydrogen) atoms. The Bertz CT molecular complexity index is 290. The minimum absolute atomic E-state index is 0.530. The summed E-state index contributed by atoms with van der Waals surface area (Å²) in [5.74, 6) is 0.955. The van der Waals surface area contributed by atoms with Gasteiger partial charge < -0.3 is 4.74 Å². The van der Waals surface area contributed by atoms with Crippen molar-refractivity contribution >= 4 is 31.9 Å². The van der Waals surface area contributed by atoms with Gasteiger partial charge in [0, 0.05) is 9.65 Å². The summed E-state index contributed by atoms with van der Waals surface area (Å²) < 4.78 is 5.67. The molecule has 0 amide bonds. The van der Waals surface area contributed by atoms with Gasteiger partial charge in [-0.3, -0.25) is 0 Å². The highest BCUT2D eigenvalue weighted by atomic mass is 79.9. The maximum atomic E-state index is 5.67. The van der Waals surface area contributed by atoms with E-state index in [1.165, 1.54) is 12.8 Å². The second-order valence-electron chi connectivity index (χ2n) is 4.17. The molecule has 0 heterocycles. The van der Waals surface area contributed by atoms with E-state index in [1.54, 1.807) is 0 Å². The second kappa shape index (κ2) is 8.98. The Morgan fingerprint density at radius 3 is 2.35 bits per heavy atom. The number of benzene rings is 1. The number of ether oxygens (including phenoxy) is 1. The lowest BCUT2D eigenvalue weighted by Crippen LogP contribution is -2.11. The maximum absolute atomic E-state index is 5.67. The first-order valence-electron chi connectivity index (χ1n) is 6.18. The summed E-state index contributed by atoms with van der Waals surface area (Å²) in [4.78, 5) is 1.15. The van der Waals surface area contributed by atoms with Gasteiger partial charge in [-0.1, -0.05) is 63.4 Å². The third-order valence-electron chi connectivity index (χ3n) is 2.56. The van der Waals surface area contributed by atoms with Crippen LogP contribution in [0.1, 0.15) is 32.6 Å². The molecule has 3 heteroatoms. The van der Waals surface area contributed by atoms with Gasteiger partial charge in [0.1, 0.15) is 5.75 Å². The molecule has 0 bridgehead atoms. The van der Waals surface area contributed by atoms with Crippen molar-refractivity contribution in [2.24, 2.45) is 0 Å². The molecule has 0 radical (unpaired) electrons. The number of para-hydroxylation sites is 1. The number of hydrogen-bond donors (Lipinski definition) is 0. The van der Waals surface area contributed by atoms with Gasteiger partial charge in [0.2, 0.25) is 0 Å². The van der Waals surface area contributed by atoms with Crippen molar-refractivity contribution in [1.82, 2.24) is 0 Å². The van der Waals surface area contributed by atoms with E-state index in [4.69, 9.17) is 4.74 Å². The minimum Gasteiger partial charge on any atom is -0.494 e. The highest BCUT2D eigenvalue weighted by molar-refractivity contribution is 9.10. The lowest BCUT2D eigenvalue weighted by molar-refractivity contribution is 0.308. The van der Waals surface area contributed by atoms with E-state index in [2.05, 4.69) is 38.8 Å². The Hall–Kier alpha value is -0.0200. The molecule has 1 aromatic rings. The zero-order chi connectivity index (χ0) is 12.5. The van der Waals surface area contributed by atoms with Crippen molar-refractivity contribution in [3.8, 4) is 5.75 Å². The van der Waals surface area contributed by atoms with Crippen LogP contribution in [-0.4, -0.2) is 16.3 Å². The molecule has 0 aliphatic rings. The SMILES string of the molecule is CCCC(Br)CC(Br)CCOc1ccccc1. The molecule has 96 valence electrons. The van der Waals surface area contributed by atoms with Crippen molar-refractivity contribution < 1.29 is 4.74 Å². The Morgan fingerprint density at radius 1 is 1.06 bits per heavy atom. The van der Waals surface area contributed by atoms with E-state index in [-0.39, 0.29) is 0 Å². The van der Waals surface area contributed by atoms with Crippen LogP contribution in [0.4, 0.5) is 0 Å².